The van der Waals surface area contributed by atoms with Crippen LogP contribution in [0.4, 0.5) is 5.69 Å². The third-order valence-corrected chi connectivity index (χ3v) is 4.50. The van der Waals surface area contributed by atoms with Gasteiger partial charge in [-0.25, -0.2) is 0 Å². The first kappa shape index (κ1) is 18.6. The van der Waals surface area contributed by atoms with E-state index in [9.17, 15) is 9.59 Å². The van der Waals surface area contributed by atoms with E-state index in [1.165, 1.54) is 7.11 Å². The van der Waals surface area contributed by atoms with Crippen molar-refractivity contribution in [2.75, 3.05) is 32.8 Å². The van der Waals surface area contributed by atoms with Crippen molar-refractivity contribution in [3.8, 4) is 17.2 Å². The van der Waals surface area contributed by atoms with Crippen molar-refractivity contribution in [3.05, 3.63) is 48.0 Å². The number of methoxy groups -OCH3 is 3. The number of ether oxygens (including phenoxy) is 3. The van der Waals surface area contributed by atoms with Gasteiger partial charge in [0.2, 0.25) is 5.91 Å². The summed E-state index contributed by atoms with van der Waals surface area (Å²) in [4.78, 5) is 26.7. The smallest absolute Gasteiger partial charge is 0.255 e. The van der Waals surface area contributed by atoms with Crippen LogP contribution >= 0.6 is 0 Å². The van der Waals surface area contributed by atoms with Gasteiger partial charge in [-0.3, -0.25) is 9.59 Å². The predicted molar refractivity (Wildman–Crippen MR) is 101 cm³/mol. The molecule has 0 radical (unpaired) electrons. The molecule has 1 N–H and O–H groups in total. The zero-order valence-electron chi connectivity index (χ0n) is 15.5. The van der Waals surface area contributed by atoms with Gasteiger partial charge in [0.05, 0.1) is 32.9 Å². The summed E-state index contributed by atoms with van der Waals surface area (Å²) in [6.45, 7) is 0.412. The van der Waals surface area contributed by atoms with Gasteiger partial charge in [-0.15, -0.1) is 0 Å². The van der Waals surface area contributed by atoms with Crippen molar-refractivity contribution in [3.63, 3.8) is 0 Å². The van der Waals surface area contributed by atoms with Gasteiger partial charge in [0.25, 0.3) is 5.91 Å². The molecular formula is C20H22N2O5. The summed E-state index contributed by atoms with van der Waals surface area (Å²) in [5.41, 5.74) is 1.17. The van der Waals surface area contributed by atoms with E-state index < -0.39 is 0 Å². The van der Waals surface area contributed by atoms with Gasteiger partial charge in [-0.05, 0) is 36.4 Å². The number of rotatable bonds is 6. The lowest BCUT2D eigenvalue weighted by Gasteiger charge is -2.18. The predicted octanol–water partition coefficient (Wildman–Crippen LogP) is 2.25. The first-order valence-corrected chi connectivity index (χ1v) is 8.53. The summed E-state index contributed by atoms with van der Waals surface area (Å²) >= 11 is 0. The summed E-state index contributed by atoms with van der Waals surface area (Å²) in [6.07, 6.45) is 0.246. The van der Waals surface area contributed by atoms with Gasteiger partial charge >= 0.3 is 0 Å². The highest BCUT2D eigenvalue weighted by molar-refractivity contribution is 6.00. The molecule has 2 aromatic rings. The fourth-order valence-corrected chi connectivity index (χ4v) is 3.07. The van der Waals surface area contributed by atoms with E-state index in [1.54, 1.807) is 49.5 Å². The molecule has 7 nitrogen and oxygen atoms in total. The van der Waals surface area contributed by atoms with Crippen LogP contribution in [0.15, 0.2) is 42.5 Å². The molecule has 142 valence electrons. The molecule has 1 atom stereocenters. The Bertz CT molecular complexity index is 835. The first-order valence-electron chi connectivity index (χ1n) is 8.53. The van der Waals surface area contributed by atoms with Crippen LogP contribution in [0.25, 0.3) is 0 Å². The number of nitrogens with zero attached hydrogens (tertiary/aromatic N) is 1. The summed E-state index contributed by atoms with van der Waals surface area (Å²) < 4.78 is 15.6. The summed E-state index contributed by atoms with van der Waals surface area (Å²) in [7, 11) is 4.64. The van der Waals surface area contributed by atoms with Crippen LogP contribution in [0.3, 0.4) is 0 Å². The maximum atomic E-state index is 12.6. The van der Waals surface area contributed by atoms with Crippen LogP contribution in [0.5, 0.6) is 17.2 Å². The number of anilines is 1. The standard InChI is InChI=1S/C20H22N2O5/c1-25-15-6-4-14(5-7-15)22-12-13(10-19(22)23)21-20(24)17-9-8-16(26-2)11-18(17)27-3/h4-9,11,13H,10,12H2,1-3H3,(H,21,24)/t13-/m0/s1. The Balaban J connectivity index is 1.69. The van der Waals surface area contributed by atoms with E-state index in [1.807, 2.05) is 12.1 Å². The molecule has 0 aliphatic carbocycles. The molecule has 27 heavy (non-hydrogen) atoms. The Morgan fingerprint density at radius 2 is 1.67 bits per heavy atom. The van der Waals surface area contributed by atoms with Crippen LogP contribution in [0.2, 0.25) is 0 Å². The van der Waals surface area contributed by atoms with Crippen molar-refractivity contribution >= 4 is 17.5 Å². The second-order valence-corrected chi connectivity index (χ2v) is 6.14. The number of carbonyl (C=O) groups excluding carboxylic acids is 2. The van der Waals surface area contributed by atoms with E-state index in [0.717, 1.165) is 11.4 Å². The van der Waals surface area contributed by atoms with Gasteiger partial charge in [0, 0.05) is 24.7 Å². The Kier molecular flexibility index (Phi) is 5.49. The molecule has 7 heteroatoms. The average molecular weight is 370 g/mol. The molecule has 1 aliphatic heterocycles. The number of benzene rings is 2. The summed E-state index contributed by atoms with van der Waals surface area (Å²) in [6, 6.07) is 12.0. The van der Waals surface area contributed by atoms with E-state index >= 15 is 0 Å². The topological polar surface area (TPSA) is 77.1 Å². The van der Waals surface area contributed by atoms with Crippen molar-refractivity contribution in [2.45, 2.75) is 12.5 Å². The second kappa shape index (κ2) is 7.99. The second-order valence-electron chi connectivity index (χ2n) is 6.14. The van der Waals surface area contributed by atoms with Crippen LogP contribution < -0.4 is 24.4 Å². The molecule has 0 saturated carbocycles. The quantitative estimate of drug-likeness (QED) is 0.844. The van der Waals surface area contributed by atoms with E-state index in [4.69, 9.17) is 14.2 Å². The third-order valence-electron chi connectivity index (χ3n) is 4.50. The van der Waals surface area contributed by atoms with Gasteiger partial charge in [0.1, 0.15) is 17.2 Å². The SMILES string of the molecule is COc1ccc(N2C[C@@H](NC(=O)c3ccc(OC)cc3OC)CC2=O)cc1. The minimum absolute atomic E-state index is 0.0350. The van der Waals surface area contributed by atoms with Crippen molar-refractivity contribution in [1.29, 1.82) is 0 Å². The van der Waals surface area contributed by atoms with Crippen LogP contribution in [0, 0.1) is 0 Å². The van der Waals surface area contributed by atoms with Crippen molar-refractivity contribution in [2.24, 2.45) is 0 Å². The summed E-state index contributed by atoms with van der Waals surface area (Å²) in [5, 5.41) is 2.91. The monoisotopic (exact) mass is 370 g/mol. The molecular weight excluding hydrogens is 348 g/mol. The number of carbonyl (C=O) groups is 2. The fraction of sp³-hybridized carbons (Fsp3) is 0.300. The van der Waals surface area contributed by atoms with Crippen molar-refractivity contribution < 1.29 is 23.8 Å². The summed E-state index contributed by atoms with van der Waals surface area (Å²) in [5.74, 6) is 1.42. The fourth-order valence-electron chi connectivity index (χ4n) is 3.07. The minimum atomic E-state index is -0.288. The lowest BCUT2D eigenvalue weighted by atomic mass is 10.1. The van der Waals surface area contributed by atoms with Gasteiger partial charge in [-0.1, -0.05) is 0 Å². The molecule has 1 heterocycles. The van der Waals surface area contributed by atoms with Crippen LogP contribution in [-0.2, 0) is 4.79 Å². The maximum absolute atomic E-state index is 12.6. The number of nitrogens with one attached hydrogen (secondary N) is 1. The van der Waals surface area contributed by atoms with Gasteiger partial charge in [-0.2, -0.15) is 0 Å². The highest BCUT2D eigenvalue weighted by atomic mass is 16.5. The normalized spacial score (nSPS) is 16.2. The number of hydrogen-bond acceptors (Lipinski definition) is 5. The molecule has 1 aliphatic rings. The molecule has 3 rings (SSSR count). The molecule has 2 amide bonds. The molecule has 2 aromatic carbocycles. The lowest BCUT2D eigenvalue weighted by molar-refractivity contribution is -0.117. The largest absolute Gasteiger partial charge is 0.497 e. The highest BCUT2D eigenvalue weighted by Gasteiger charge is 2.32. The molecule has 0 spiro atoms. The highest BCUT2D eigenvalue weighted by Crippen LogP contribution is 2.26. The minimum Gasteiger partial charge on any atom is -0.497 e. The maximum Gasteiger partial charge on any atom is 0.255 e. The zero-order valence-corrected chi connectivity index (χ0v) is 15.5. The van der Waals surface area contributed by atoms with E-state index in [0.29, 0.717) is 23.6 Å². The molecule has 0 aromatic heterocycles. The number of amides is 2. The Morgan fingerprint density at radius 3 is 2.30 bits per heavy atom. The Hall–Kier alpha value is -3.22. The van der Waals surface area contributed by atoms with Gasteiger partial charge < -0.3 is 24.4 Å². The third kappa shape index (κ3) is 3.97. The van der Waals surface area contributed by atoms with Crippen LogP contribution in [-0.4, -0.2) is 45.7 Å². The Labute approximate surface area is 157 Å². The molecule has 1 saturated heterocycles. The van der Waals surface area contributed by atoms with Crippen LogP contribution in [0.1, 0.15) is 16.8 Å². The van der Waals surface area contributed by atoms with E-state index in [2.05, 4.69) is 5.32 Å². The Morgan fingerprint density at radius 1 is 1.00 bits per heavy atom. The van der Waals surface area contributed by atoms with Crippen molar-refractivity contribution in [1.82, 2.24) is 5.32 Å². The molecule has 0 unspecified atom stereocenters. The van der Waals surface area contributed by atoms with E-state index in [-0.39, 0.29) is 24.3 Å². The number of hydrogen-bond donors (Lipinski definition) is 1. The molecule has 1 fully saturated rings. The molecule has 0 bridgehead atoms. The van der Waals surface area contributed by atoms with Gasteiger partial charge in [0.15, 0.2) is 0 Å². The average Bonchev–Trinajstić information content (AvgIpc) is 3.07. The first-order chi connectivity index (χ1) is 13.0. The lowest BCUT2D eigenvalue weighted by Crippen LogP contribution is -2.37. The zero-order chi connectivity index (χ0) is 19.4.